The van der Waals surface area contributed by atoms with Crippen LogP contribution in [-0.4, -0.2) is 16.5 Å². The lowest BCUT2D eigenvalue weighted by Gasteiger charge is -2.29. The molecule has 0 amide bonds. The Labute approximate surface area is 110 Å². The molecule has 1 aromatic rings. The summed E-state index contributed by atoms with van der Waals surface area (Å²) in [5.74, 6) is -0.767. The first kappa shape index (κ1) is 13.3. The maximum atomic E-state index is 13.5. The SMILES string of the molecule is CCC1(C)CCSC(Nc2cccc(F)c2F)=N1. The van der Waals surface area contributed by atoms with E-state index in [9.17, 15) is 8.78 Å². The summed E-state index contributed by atoms with van der Waals surface area (Å²) in [6.07, 6.45) is 1.94. The quantitative estimate of drug-likeness (QED) is 0.877. The molecule has 2 rings (SSSR count). The van der Waals surface area contributed by atoms with E-state index in [1.54, 1.807) is 11.8 Å². The van der Waals surface area contributed by atoms with E-state index in [4.69, 9.17) is 0 Å². The summed E-state index contributed by atoms with van der Waals surface area (Å²) in [6, 6.07) is 4.10. The molecule has 98 valence electrons. The third kappa shape index (κ3) is 2.83. The number of nitrogens with zero attached hydrogens (tertiary/aromatic N) is 1. The molecular formula is C13H16F2N2S. The zero-order chi connectivity index (χ0) is 13.2. The molecular weight excluding hydrogens is 254 g/mol. The highest BCUT2D eigenvalue weighted by Gasteiger charge is 2.26. The summed E-state index contributed by atoms with van der Waals surface area (Å²) >= 11 is 1.54. The van der Waals surface area contributed by atoms with Gasteiger partial charge in [-0.05, 0) is 31.9 Å². The Kier molecular flexibility index (Phi) is 3.90. The van der Waals surface area contributed by atoms with Gasteiger partial charge in [-0.1, -0.05) is 24.8 Å². The van der Waals surface area contributed by atoms with Gasteiger partial charge in [-0.15, -0.1) is 0 Å². The number of amidine groups is 1. The third-order valence-electron chi connectivity index (χ3n) is 3.21. The molecule has 0 bridgehead atoms. The van der Waals surface area contributed by atoms with Crippen LogP contribution in [0.4, 0.5) is 14.5 Å². The first-order valence-corrected chi connectivity index (χ1v) is 6.96. The minimum absolute atomic E-state index is 0.0998. The predicted molar refractivity (Wildman–Crippen MR) is 73.2 cm³/mol. The highest BCUT2D eigenvalue weighted by atomic mass is 32.2. The Morgan fingerprint density at radius 3 is 2.94 bits per heavy atom. The average molecular weight is 270 g/mol. The molecule has 1 aliphatic heterocycles. The van der Waals surface area contributed by atoms with E-state index in [2.05, 4.69) is 24.2 Å². The molecule has 0 aliphatic carbocycles. The molecule has 0 spiro atoms. The first-order valence-electron chi connectivity index (χ1n) is 5.98. The van der Waals surface area contributed by atoms with Crippen LogP contribution in [0, 0.1) is 11.6 Å². The summed E-state index contributed by atoms with van der Waals surface area (Å²) < 4.78 is 26.6. The second-order valence-corrected chi connectivity index (χ2v) is 5.68. The summed E-state index contributed by atoms with van der Waals surface area (Å²) in [7, 11) is 0. The van der Waals surface area contributed by atoms with Gasteiger partial charge in [0, 0.05) is 5.75 Å². The smallest absolute Gasteiger partial charge is 0.182 e. The summed E-state index contributed by atoms with van der Waals surface area (Å²) in [6.45, 7) is 4.16. The Balaban J connectivity index is 2.21. The monoisotopic (exact) mass is 270 g/mol. The molecule has 1 aromatic carbocycles. The van der Waals surface area contributed by atoms with E-state index in [-0.39, 0.29) is 11.2 Å². The number of aliphatic imine (C=N–C) groups is 1. The van der Waals surface area contributed by atoms with Crippen molar-refractivity contribution in [2.24, 2.45) is 4.99 Å². The van der Waals surface area contributed by atoms with Gasteiger partial charge in [0.05, 0.1) is 11.2 Å². The van der Waals surface area contributed by atoms with E-state index in [1.807, 2.05) is 0 Å². The molecule has 1 unspecified atom stereocenters. The fourth-order valence-corrected chi connectivity index (χ4v) is 2.94. The van der Waals surface area contributed by atoms with Crippen molar-refractivity contribution in [1.29, 1.82) is 0 Å². The lowest BCUT2D eigenvalue weighted by Crippen LogP contribution is -2.29. The number of rotatable bonds is 2. The number of hydrogen-bond donors (Lipinski definition) is 1. The van der Waals surface area contributed by atoms with Gasteiger partial charge in [0.1, 0.15) is 0 Å². The van der Waals surface area contributed by atoms with Gasteiger partial charge in [0.2, 0.25) is 0 Å². The molecule has 1 N–H and O–H groups in total. The highest BCUT2D eigenvalue weighted by molar-refractivity contribution is 8.14. The molecule has 0 radical (unpaired) electrons. The molecule has 2 nitrogen and oxygen atoms in total. The maximum Gasteiger partial charge on any atom is 0.182 e. The second-order valence-electron chi connectivity index (χ2n) is 4.59. The van der Waals surface area contributed by atoms with Crippen molar-refractivity contribution in [2.45, 2.75) is 32.2 Å². The minimum atomic E-state index is -0.857. The Morgan fingerprint density at radius 2 is 2.22 bits per heavy atom. The molecule has 0 saturated carbocycles. The molecule has 18 heavy (non-hydrogen) atoms. The van der Waals surface area contributed by atoms with Gasteiger partial charge in [0.15, 0.2) is 16.8 Å². The average Bonchev–Trinajstić information content (AvgIpc) is 2.35. The molecule has 5 heteroatoms. The fourth-order valence-electron chi connectivity index (χ4n) is 1.74. The Hall–Kier alpha value is -1.10. The molecule has 1 aliphatic rings. The van der Waals surface area contributed by atoms with Crippen LogP contribution in [0.1, 0.15) is 26.7 Å². The van der Waals surface area contributed by atoms with E-state index in [0.717, 1.165) is 24.7 Å². The Bertz CT molecular complexity index is 476. The lowest BCUT2D eigenvalue weighted by molar-refractivity contribution is 0.443. The molecule has 1 atom stereocenters. The summed E-state index contributed by atoms with van der Waals surface area (Å²) in [4.78, 5) is 4.58. The van der Waals surface area contributed by atoms with Crippen LogP contribution in [0.15, 0.2) is 23.2 Å². The van der Waals surface area contributed by atoms with Crippen LogP contribution < -0.4 is 5.32 Å². The Morgan fingerprint density at radius 1 is 1.44 bits per heavy atom. The minimum Gasteiger partial charge on any atom is -0.332 e. The van der Waals surface area contributed by atoms with Crippen molar-refractivity contribution in [3.8, 4) is 0 Å². The van der Waals surface area contributed by atoms with Gasteiger partial charge >= 0.3 is 0 Å². The highest BCUT2D eigenvalue weighted by Crippen LogP contribution is 2.30. The van der Waals surface area contributed by atoms with Gasteiger partial charge in [-0.3, -0.25) is 4.99 Å². The van der Waals surface area contributed by atoms with E-state index in [0.29, 0.717) is 5.17 Å². The topological polar surface area (TPSA) is 24.4 Å². The van der Waals surface area contributed by atoms with Crippen LogP contribution in [0.5, 0.6) is 0 Å². The number of benzene rings is 1. The summed E-state index contributed by atoms with van der Waals surface area (Å²) in [5, 5.41) is 3.54. The molecule has 0 aromatic heterocycles. The molecule has 0 saturated heterocycles. The fraction of sp³-hybridized carbons (Fsp3) is 0.462. The number of anilines is 1. The maximum absolute atomic E-state index is 13.5. The largest absolute Gasteiger partial charge is 0.332 e. The molecule has 0 fully saturated rings. The standard InChI is InChI=1S/C13H16F2N2S/c1-3-13(2)7-8-18-12(17-13)16-10-6-4-5-9(14)11(10)15/h4-6H,3,7-8H2,1-2H3,(H,16,17). The van der Waals surface area contributed by atoms with E-state index < -0.39 is 11.6 Å². The second kappa shape index (κ2) is 5.26. The van der Waals surface area contributed by atoms with Crippen molar-refractivity contribution < 1.29 is 8.78 Å². The zero-order valence-corrected chi connectivity index (χ0v) is 11.3. The van der Waals surface area contributed by atoms with Gasteiger partial charge in [0.25, 0.3) is 0 Å². The first-order chi connectivity index (χ1) is 8.54. The van der Waals surface area contributed by atoms with Crippen LogP contribution in [0.2, 0.25) is 0 Å². The van der Waals surface area contributed by atoms with Gasteiger partial charge < -0.3 is 5.32 Å². The number of halogens is 2. The van der Waals surface area contributed by atoms with Crippen LogP contribution in [0.25, 0.3) is 0 Å². The van der Waals surface area contributed by atoms with Crippen LogP contribution in [-0.2, 0) is 0 Å². The van der Waals surface area contributed by atoms with Crippen LogP contribution >= 0.6 is 11.8 Å². The van der Waals surface area contributed by atoms with E-state index in [1.165, 1.54) is 12.1 Å². The predicted octanol–water partition coefficient (Wildman–Crippen LogP) is 4.04. The van der Waals surface area contributed by atoms with Gasteiger partial charge in [-0.25, -0.2) is 8.78 Å². The number of nitrogens with one attached hydrogen (secondary N) is 1. The number of hydrogen-bond acceptors (Lipinski definition) is 3. The van der Waals surface area contributed by atoms with E-state index >= 15 is 0 Å². The number of thioether (sulfide) groups is 1. The zero-order valence-electron chi connectivity index (χ0n) is 10.5. The molecule has 1 heterocycles. The van der Waals surface area contributed by atoms with Crippen LogP contribution in [0.3, 0.4) is 0 Å². The van der Waals surface area contributed by atoms with Crippen molar-refractivity contribution in [2.75, 3.05) is 11.1 Å². The van der Waals surface area contributed by atoms with Crippen molar-refractivity contribution in [3.05, 3.63) is 29.8 Å². The van der Waals surface area contributed by atoms with Gasteiger partial charge in [-0.2, -0.15) is 0 Å². The lowest BCUT2D eigenvalue weighted by atomic mass is 9.97. The van der Waals surface area contributed by atoms with Crippen molar-refractivity contribution in [1.82, 2.24) is 0 Å². The van der Waals surface area contributed by atoms with Crippen molar-refractivity contribution >= 4 is 22.6 Å². The third-order valence-corrected chi connectivity index (χ3v) is 4.08. The normalized spacial score (nSPS) is 23.7. The van der Waals surface area contributed by atoms with Crippen molar-refractivity contribution in [3.63, 3.8) is 0 Å². The summed E-state index contributed by atoms with van der Waals surface area (Å²) in [5.41, 5.74) is 0.0406.